The Morgan fingerprint density at radius 2 is 1.94 bits per heavy atom. The Balaban J connectivity index is 2.68. The summed E-state index contributed by atoms with van der Waals surface area (Å²) in [6.07, 6.45) is 7.58. The van der Waals surface area contributed by atoms with E-state index in [0.717, 1.165) is 12.8 Å². The van der Waals surface area contributed by atoms with Crippen molar-refractivity contribution in [3.63, 3.8) is 0 Å². The summed E-state index contributed by atoms with van der Waals surface area (Å²) in [5, 5.41) is 11.7. The molecule has 1 aliphatic rings. The van der Waals surface area contributed by atoms with E-state index < -0.39 is 5.92 Å². The van der Waals surface area contributed by atoms with Crippen molar-refractivity contribution in [1.29, 1.82) is 0 Å². The number of rotatable bonds is 4. The maximum Gasteiger partial charge on any atom is 0.233 e. The second-order valence-corrected chi connectivity index (χ2v) is 5.08. The molecule has 1 rings (SSSR count). The Morgan fingerprint density at radius 3 is 2.39 bits per heavy atom. The van der Waals surface area contributed by atoms with Crippen LogP contribution in [-0.2, 0) is 4.79 Å². The van der Waals surface area contributed by atoms with Crippen LogP contribution < -0.4 is 5.73 Å². The molecule has 5 heteroatoms. The Kier molecular flexibility index (Phi) is 5.95. The van der Waals surface area contributed by atoms with Gasteiger partial charge in [-0.3, -0.25) is 4.79 Å². The lowest BCUT2D eigenvalue weighted by Crippen LogP contribution is -2.44. The van der Waals surface area contributed by atoms with Crippen LogP contribution in [0.4, 0.5) is 0 Å². The molecule has 1 saturated carbocycles. The van der Waals surface area contributed by atoms with Crippen LogP contribution in [0.25, 0.3) is 0 Å². The fraction of sp³-hybridized carbons (Fsp3) is 0.846. The molecule has 1 amide bonds. The molecule has 0 heterocycles. The normalized spacial score (nSPS) is 20.2. The predicted molar refractivity (Wildman–Crippen MR) is 71.4 cm³/mol. The molecule has 1 atom stereocenters. The van der Waals surface area contributed by atoms with E-state index in [1.807, 2.05) is 14.0 Å². The predicted octanol–water partition coefficient (Wildman–Crippen LogP) is 1.94. The zero-order valence-corrected chi connectivity index (χ0v) is 11.4. The second-order valence-electron chi connectivity index (χ2n) is 5.08. The lowest BCUT2D eigenvalue weighted by molar-refractivity contribution is -0.134. The minimum absolute atomic E-state index is 0.0166. The third-order valence-corrected chi connectivity index (χ3v) is 3.90. The molecule has 0 radical (unpaired) electrons. The van der Waals surface area contributed by atoms with Crippen molar-refractivity contribution in [2.75, 3.05) is 7.05 Å². The molecular weight excluding hydrogens is 230 g/mol. The summed E-state index contributed by atoms with van der Waals surface area (Å²) in [7, 11) is 1.84. The first-order valence-electron chi connectivity index (χ1n) is 6.85. The average molecular weight is 255 g/mol. The summed E-state index contributed by atoms with van der Waals surface area (Å²) in [6.45, 7) is 1.88. The van der Waals surface area contributed by atoms with Gasteiger partial charge in [0.2, 0.25) is 5.91 Å². The molecule has 0 aromatic carbocycles. The number of nitrogens with two attached hydrogens (primary N) is 1. The van der Waals surface area contributed by atoms with Crippen LogP contribution in [0.15, 0.2) is 5.16 Å². The zero-order chi connectivity index (χ0) is 13.5. The van der Waals surface area contributed by atoms with Crippen LogP contribution in [0.1, 0.15) is 51.9 Å². The Labute approximate surface area is 109 Å². The highest BCUT2D eigenvalue weighted by molar-refractivity contribution is 6.02. The Bertz CT molecular complexity index is 297. The molecular formula is C13H25N3O2. The number of carbonyl (C=O) groups is 1. The van der Waals surface area contributed by atoms with Gasteiger partial charge in [0.15, 0.2) is 5.84 Å². The number of oxime groups is 1. The van der Waals surface area contributed by atoms with Crippen LogP contribution >= 0.6 is 0 Å². The molecule has 5 nitrogen and oxygen atoms in total. The smallest absolute Gasteiger partial charge is 0.233 e. The third-order valence-electron chi connectivity index (χ3n) is 3.90. The largest absolute Gasteiger partial charge is 0.409 e. The van der Waals surface area contributed by atoms with Gasteiger partial charge in [0, 0.05) is 13.1 Å². The van der Waals surface area contributed by atoms with E-state index in [-0.39, 0.29) is 11.7 Å². The van der Waals surface area contributed by atoms with Crippen molar-refractivity contribution >= 4 is 11.7 Å². The van der Waals surface area contributed by atoms with Crippen molar-refractivity contribution in [2.45, 2.75) is 57.9 Å². The minimum Gasteiger partial charge on any atom is -0.409 e. The highest BCUT2D eigenvalue weighted by atomic mass is 16.4. The fourth-order valence-corrected chi connectivity index (χ4v) is 2.65. The first-order chi connectivity index (χ1) is 8.61. The molecule has 0 aromatic rings. The van der Waals surface area contributed by atoms with E-state index in [4.69, 9.17) is 10.9 Å². The third kappa shape index (κ3) is 3.62. The van der Waals surface area contributed by atoms with Gasteiger partial charge >= 0.3 is 0 Å². The van der Waals surface area contributed by atoms with Crippen molar-refractivity contribution in [3.05, 3.63) is 0 Å². The Hall–Kier alpha value is -1.26. The van der Waals surface area contributed by atoms with Gasteiger partial charge < -0.3 is 15.8 Å². The van der Waals surface area contributed by atoms with Gasteiger partial charge in [-0.15, -0.1) is 0 Å². The van der Waals surface area contributed by atoms with Crippen LogP contribution in [0.3, 0.4) is 0 Å². The van der Waals surface area contributed by atoms with E-state index in [2.05, 4.69) is 5.16 Å². The fourth-order valence-electron chi connectivity index (χ4n) is 2.65. The van der Waals surface area contributed by atoms with Crippen LogP contribution in [-0.4, -0.2) is 34.9 Å². The summed E-state index contributed by atoms with van der Waals surface area (Å²) < 4.78 is 0. The standard InChI is InChI=1S/C13H25N3O2/c1-3-11(12(14)15-18)13(17)16(2)10-8-6-4-5-7-9-10/h10-11,18H,3-9H2,1-2H3,(H2,14,15). The number of amidine groups is 1. The van der Waals surface area contributed by atoms with Gasteiger partial charge in [-0.05, 0) is 19.3 Å². The van der Waals surface area contributed by atoms with Crippen molar-refractivity contribution in [3.8, 4) is 0 Å². The van der Waals surface area contributed by atoms with Crippen LogP contribution in [0, 0.1) is 5.92 Å². The summed E-state index contributed by atoms with van der Waals surface area (Å²) in [4.78, 5) is 14.1. The lowest BCUT2D eigenvalue weighted by atomic mass is 10.0. The minimum atomic E-state index is -0.497. The molecule has 104 valence electrons. The van der Waals surface area contributed by atoms with E-state index in [1.54, 1.807) is 4.90 Å². The monoisotopic (exact) mass is 255 g/mol. The SMILES string of the molecule is CCC(C(=O)N(C)C1CCCCCC1)C(N)=NO. The van der Waals surface area contributed by atoms with Gasteiger partial charge in [0.25, 0.3) is 0 Å². The van der Waals surface area contributed by atoms with Crippen LogP contribution in [0.2, 0.25) is 0 Å². The van der Waals surface area contributed by atoms with Gasteiger partial charge in [0.1, 0.15) is 0 Å². The molecule has 0 bridgehead atoms. The van der Waals surface area contributed by atoms with E-state index in [0.29, 0.717) is 12.5 Å². The molecule has 1 unspecified atom stereocenters. The van der Waals surface area contributed by atoms with Crippen molar-refractivity contribution in [1.82, 2.24) is 4.90 Å². The second kappa shape index (κ2) is 7.24. The molecule has 0 aromatic heterocycles. The van der Waals surface area contributed by atoms with Crippen molar-refractivity contribution < 1.29 is 10.0 Å². The highest BCUT2D eigenvalue weighted by Gasteiger charge is 2.28. The first kappa shape index (κ1) is 14.8. The molecule has 18 heavy (non-hydrogen) atoms. The molecule has 0 spiro atoms. The molecule has 0 saturated heterocycles. The summed E-state index contributed by atoms with van der Waals surface area (Å²) in [5.74, 6) is -0.508. The molecule has 1 fully saturated rings. The topological polar surface area (TPSA) is 78.9 Å². The molecule has 1 aliphatic carbocycles. The van der Waals surface area contributed by atoms with Gasteiger partial charge in [-0.1, -0.05) is 37.8 Å². The number of nitrogens with zero attached hydrogens (tertiary/aromatic N) is 2. The maximum absolute atomic E-state index is 12.3. The maximum atomic E-state index is 12.3. The number of hydrogen-bond donors (Lipinski definition) is 2. The van der Waals surface area contributed by atoms with E-state index in [9.17, 15) is 4.79 Å². The number of amides is 1. The summed E-state index contributed by atoms with van der Waals surface area (Å²) in [6, 6.07) is 0.306. The van der Waals surface area contributed by atoms with Gasteiger partial charge in [-0.2, -0.15) is 0 Å². The van der Waals surface area contributed by atoms with E-state index in [1.165, 1.54) is 25.7 Å². The summed E-state index contributed by atoms with van der Waals surface area (Å²) in [5.41, 5.74) is 5.58. The van der Waals surface area contributed by atoms with Crippen LogP contribution in [0.5, 0.6) is 0 Å². The summed E-state index contributed by atoms with van der Waals surface area (Å²) >= 11 is 0. The number of hydrogen-bond acceptors (Lipinski definition) is 3. The quantitative estimate of drug-likeness (QED) is 0.265. The van der Waals surface area contributed by atoms with Gasteiger partial charge in [0.05, 0.1) is 5.92 Å². The lowest BCUT2D eigenvalue weighted by Gasteiger charge is -2.30. The average Bonchev–Trinajstić information content (AvgIpc) is 2.67. The Morgan fingerprint density at radius 1 is 1.39 bits per heavy atom. The van der Waals surface area contributed by atoms with Crippen molar-refractivity contribution in [2.24, 2.45) is 16.8 Å². The first-order valence-corrected chi connectivity index (χ1v) is 6.85. The number of carbonyl (C=O) groups excluding carboxylic acids is 1. The zero-order valence-electron chi connectivity index (χ0n) is 11.4. The highest BCUT2D eigenvalue weighted by Crippen LogP contribution is 2.22. The van der Waals surface area contributed by atoms with Gasteiger partial charge in [-0.25, -0.2) is 0 Å². The molecule has 3 N–H and O–H groups in total. The van der Waals surface area contributed by atoms with E-state index >= 15 is 0 Å². The molecule has 0 aliphatic heterocycles.